The molecule has 0 aromatic heterocycles. The summed E-state index contributed by atoms with van der Waals surface area (Å²) in [6, 6.07) is 0.791. The van der Waals surface area contributed by atoms with Crippen LogP contribution in [-0.4, -0.2) is 43.7 Å². The van der Waals surface area contributed by atoms with Crippen LogP contribution >= 0.6 is 0 Å². The molecule has 0 amide bonds. The van der Waals surface area contributed by atoms with Crippen LogP contribution in [0.25, 0.3) is 0 Å². The number of rotatable bonds is 1. The second-order valence-corrected chi connectivity index (χ2v) is 8.33. The molecule has 2 fully saturated rings. The minimum atomic E-state index is -2.11. The van der Waals surface area contributed by atoms with Crippen LogP contribution in [0.1, 0.15) is 20.3 Å². The largest absolute Gasteiger partial charge is 0.391 e. The molecule has 2 rings (SSSR count). The van der Waals surface area contributed by atoms with Crippen LogP contribution in [0.2, 0.25) is 11.6 Å². The Bertz CT molecular complexity index is 223. The van der Waals surface area contributed by atoms with Gasteiger partial charge >= 0.3 is 8.56 Å². The molecule has 0 radical (unpaired) electrons. The van der Waals surface area contributed by atoms with E-state index in [1.807, 2.05) is 0 Å². The van der Waals surface area contributed by atoms with E-state index >= 15 is 0 Å². The molecule has 2 bridgehead atoms. The van der Waals surface area contributed by atoms with Crippen molar-refractivity contribution in [1.82, 2.24) is 0 Å². The maximum absolute atomic E-state index is 9.71. The zero-order chi connectivity index (χ0) is 10.3. The molecule has 0 spiro atoms. The van der Waals surface area contributed by atoms with Gasteiger partial charge in [0.15, 0.2) is 0 Å². The lowest BCUT2D eigenvalue weighted by atomic mass is 10.1. The molecule has 2 aliphatic heterocycles. The highest BCUT2D eigenvalue weighted by atomic mass is 28.4. The van der Waals surface area contributed by atoms with Gasteiger partial charge in [-0.15, -0.1) is 0 Å². The molecule has 0 aromatic carbocycles. The molecule has 0 saturated carbocycles. The van der Waals surface area contributed by atoms with Gasteiger partial charge in [-0.05, 0) is 18.0 Å². The van der Waals surface area contributed by atoms with E-state index in [1.165, 1.54) is 0 Å². The fraction of sp³-hybridized carbons (Fsp3) is 1.00. The smallest absolute Gasteiger partial charge is 0.341 e. The van der Waals surface area contributed by atoms with Gasteiger partial charge in [0.05, 0.1) is 18.8 Å². The van der Waals surface area contributed by atoms with Gasteiger partial charge < -0.3 is 19.1 Å². The second kappa shape index (κ2) is 3.57. The lowest BCUT2D eigenvalue weighted by Crippen LogP contribution is -2.40. The van der Waals surface area contributed by atoms with Crippen LogP contribution in [0.3, 0.4) is 0 Å². The van der Waals surface area contributed by atoms with E-state index < -0.39 is 20.8 Å². The van der Waals surface area contributed by atoms with Crippen LogP contribution in [0.15, 0.2) is 0 Å². The molecule has 4 atom stereocenters. The van der Waals surface area contributed by atoms with Crippen LogP contribution < -0.4 is 0 Å². The minimum absolute atomic E-state index is 0.304. The van der Waals surface area contributed by atoms with Crippen LogP contribution in [-0.2, 0) is 8.85 Å². The number of aliphatic hydroxyl groups is 2. The molecule has 2 N–H and O–H groups in total. The highest BCUT2D eigenvalue weighted by molar-refractivity contribution is 6.69. The predicted octanol–water partition coefficient (Wildman–Crippen LogP) is 0.379. The van der Waals surface area contributed by atoms with E-state index in [-0.39, 0.29) is 6.10 Å². The normalized spacial score (nSPS) is 48.2. The molecule has 4 nitrogen and oxygen atoms in total. The molecule has 2 saturated heterocycles. The van der Waals surface area contributed by atoms with Gasteiger partial charge in [-0.2, -0.15) is 0 Å². The Hall–Kier alpha value is 0.0569. The Morgan fingerprint density at radius 1 is 1.36 bits per heavy atom. The first-order valence-electron chi connectivity index (χ1n) is 5.23. The summed E-state index contributed by atoms with van der Waals surface area (Å²) in [5, 5.41) is 19.3. The van der Waals surface area contributed by atoms with E-state index in [0.29, 0.717) is 18.6 Å². The minimum Gasteiger partial charge on any atom is -0.391 e. The van der Waals surface area contributed by atoms with E-state index in [4.69, 9.17) is 8.85 Å². The molecule has 5 heteroatoms. The zero-order valence-corrected chi connectivity index (χ0v) is 9.64. The highest BCUT2D eigenvalue weighted by Gasteiger charge is 2.53. The SMILES string of the molecule is CC(C)[Si]12CCC(O)C(O)C(CO1)O2. The quantitative estimate of drug-likeness (QED) is 0.625. The second-order valence-electron chi connectivity index (χ2n) is 4.53. The Kier molecular flexibility index (Phi) is 2.70. The maximum Gasteiger partial charge on any atom is 0.341 e. The summed E-state index contributed by atoms with van der Waals surface area (Å²) in [5.74, 6) is 0. The highest BCUT2D eigenvalue weighted by Crippen LogP contribution is 2.39. The van der Waals surface area contributed by atoms with Crippen molar-refractivity contribution >= 4 is 8.56 Å². The fourth-order valence-electron chi connectivity index (χ4n) is 2.21. The summed E-state index contributed by atoms with van der Waals surface area (Å²) in [4.78, 5) is 0. The fourth-order valence-corrected chi connectivity index (χ4v) is 5.58. The first kappa shape index (κ1) is 10.6. The van der Waals surface area contributed by atoms with E-state index in [0.717, 1.165) is 6.04 Å². The number of hydrogen-bond donors (Lipinski definition) is 2. The summed E-state index contributed by atoms with van der Waals surface area (Å²) in [7, 11) is -2.11. The van der Waals surface area contributed by atoms with Crippen molar-refractivity contribution in [1.29, 1.82) is 0 Å². The van der Waals surface area contributed by atoms with Gasteiger partial charge in [-0.25, -0.2) is 0 Å². The topological polar surface area (TPSA) is 58.9 Å². The van der Waals surface area contributed by atoms with E-state index in [1.54, 1.807) is 0 Å². The number of hydrogen-bond acceptors (Lipinski definition) is 4. The van der Waals surface area contributed by atoms with Crippen molar-refractivity contribution in [2.24, 2.45) is 0 Å². The molecular formula is C9H18O4Si. The van der Waals surface area contributed by atoms with Crippen LogP contribution in [0.4, 0.5) is 0 Å². The van der Waals surface area contributed by atoms with Crippen molar-refractivity contribution in [2.45, 2.75) is 50.2 Å². The maximum atomic E-state index is 9.71. The lowest BCUT2D eigenvalue weighted by molar-refractivity contribution is -0.0394. The van der Waals surface area contributed by atoms with Crippen molar-refractivity contribution in [3.05, 3.63) is 0 Å². The Morgan fingerprint density at radius 2 is 2.07 bits per heavy atom. The molecule has 0 aromatic rings. The van der Waals surface area contributed by atoms with E-state index in [2.05, 4.69) is 13.8 Å². The van der Waals surface area contributed by atoms with Gasteiger partial charge in [0.1, 0.15) is 6.10 Å². The molecular weight excluding hydrogens is 200 g/mol. The predicted molar refractivity (Wildman–Crippen MR) is 53.1 cm³/mol. The monoisotopic (exact) mass is 218 g/mol. The van der Waals surface area contributed by atoms with Crippen LogP contribution in [0, 0.1) is 0 Å². The zero-order valence-electron chi connectivity index (χ0n) is 8.64. The molecule has 0 aliphatic carbocycles. The molecule has 82 valence electrons. The van der Waals surface area contributed by atoms with Gasteiger partial charge in [0.2, 0.25) is 0 Å². The number of fused-ring (bicyclic) bond motifs is 2. The Morgan fingerprint density at radius 3 is 2.71 bits per heavy atom. The van der Waals surface area contributed by atoms with Crippen molar-refractivity contribution in [3.8, 4) is 0 Å². The first-order chi connectivity index (χ1) is 6.55. The summed E-state index contributed by atoms with van der Waals surface area (Å²) < 4.78 is 11.6. The Balaban J connectivity index is 2.18. The summed E-state index contributed by atoms with van der Waals surface area (Å²) >= 11 is 0. The van der Waals surface area contributed by atoms with Crippen LogP contribution in [0.5, 0.6) is 0 Å². The molecule has 4 unspecified atom stereocenters. The van der Waals surface area contributed by atoms with Gasteiger partial charge in [0, 0.05) is 0 Å². The van der Waals surface area contributed by atoms with Gasteiger partial charge in [-0.3, -0.25) is 0 Å². The van der Waals surface area contributed by atoms with Crippen molar-refractivity contribution in [2.75, 3.05) is 6.61 Å². The summed E-state index contributed by atoms with van der Waals surface area (Å²) in [6.07, 6.45) is -1.12. The molecule has 2 aliphatic rings. The molecule has 14 heavy (non-hydrogen) atoms. The third kappa shape index (κ3) is 1.53. The third-order valence-electron chi connectivity index (χ3n) is 3.29. The third-order valence-corrected chi connectivity index (χ3v) is 7.39. The first-order valence-corrected chi connectivity index (χ1v) is 7.33. The van der Waals surface area contributed by atoms with Gasteiger partial charge in [0.25, 0.3) is 0 Å². The Labute approximate surface area is 85.1 Å². The average Bonchev–Trinajstić information content (AvgIpc) is 2.53. The summed E-state index contributed by atoms with van der Waals surface area (Å²) in [6.45, 7) is 4.64. The van der Waals surface area contributed by atoms with E-state index in [9.17, 15) is 10.2 Å². The lowest BCUT2D eigenvalue weighted by Gasteiger charge is -2.26. The average molecular weight is 218 g/mol. The standard InChI is InChI=1S/C9H18O4Si/c1-6(2)14-4-3-7(10)9(11)8(13-14)5-12-14/h6-11H,3-5H2,1-2H3. The summed E-state index contributed by atoms with van der Waals surface area (Å²) in [5.41, 5.74) is 0.380. The molecule has 2 heterocycles. The van der Waals surface area contributed by atoms with Gasteiger partial charge in [-0.1, -0.05) is 13.8 Å². The van der Waals surface area contributed by atoms with Crippen molar-refractivity contribution in [3.63, 3.8) is 0 Å². The van der Waals surface area contributed by atoms with Crippen molar-refractivity contribution < 1.29 is 19.1 Å². The number of aliphatic hydroxyl groups excluding tert-OH is 2.